The zero-order valence-corrected chi connectivity index (χ0v) is 19.9. The number of ether oxygens (including phenoxy) is 2. The molecule has 4 aliphatic carbocycles. The number of fused-ring (bicyclic) bond motifs is 5. The van der Waals surface area contributed by atoms with Gasteiger partial charge in [0.25, 0.3) is 0 Å². The number of aliphatic carboxylic acids is 1. The molecule has 1 unspecified atom stereocenters. The molecule has 0 aromatic rings. The predicted octanol–water partition coefficient (Wildman–Crippen LogP) is 5.40. The van der Waals surface area contributed by atoms with Gasteiger partial charge in [-0.1, -0.05) is 32.4 Å². The van der Waals surface area contributed by atoms with Gasteiger partial charge in [0.2, 0.25) is 0 Å². The fraction of sp³-hybridized carbons (Fsp3) is 0.808. The molecular formula is C26H38O6. The molecule has 8 atom stereocenters. The van der Waals surface area contributed by atoms with Crippen LogP contribution < -0.4 is 0 Å². The highest BCUT2D eigenvalue weighted by Gasteiger charge is 2.61. The highest BCUT2D eigenvalue weighted by atomic mass is 16.7. The average molecular weight is 447 g/mol. The van der Waals surface area contributed by atoms with Crippen LogP contribution in [-0.2, 0) is 19.1 Å². The van der Waals surface area contributed by atoms with Crippen LogP contribution in [0, 0.1) is 40.4 Å². The summed E-state index contributed by atoms with van der Waals surface area (Å²) in [5.41, 5.74) is 1.18. The van der Waals surface area contributed by atoms with Crippen molar-refractivity contribution in [1.29, 1.82) is 0 Å². The molecule has 0 bridgehead atoms. The van der Waals surface area contributed by atoms with Crippen LogP contribution >= 0.6 is 0 Å². The van der Waals surface area contributed by atoms with E-state index in [1.165, 1.54) is 12.7 Å². The number of Topliss-reactive ketones (excluding diaryl/α,β-unsaturated/α-hetero) is 1. The summed E-state index contributed by atoms with van der Waals surface area (Å²) in [4.78, 5) is 36.4. The molecule has 3 fully saturated rings. The smallest absolute Gasteiger partial charge is 0.481 e. The van der Waals surface area contributed by atoms with Gasteiger partial charge in [0, 0.05) is 18.3 Å². The largest absolute Gasteiger partial charge is 0.508 e. The maximum atomic E-state index is 13.7. The van der Waals surface area contributed by atoms with Gasteiger partial charge in [0.15, 0.2) is 0 Å². The SMILES string of the molecule is COC(=O)O[C@@H]1CC[C@@]2(C)C(CC=C3[C@@H]4CC[C@H]([C@H](C)CCC(=O)O)[C@@]4(C)C(=O)C[C@@H]32)C1. The quantitative estimate of drug-likeness (QED) is 0.449. The van der Waals surface area contributed by atoms with Gasteiger partial charge in [0.1, 0.15) is 11.9 Å². The lowest BCUT2D eigenvalue weighted by Gasteiger charge is -2.57. The third-order valence-corrected chi connectivity index (χ3v) is 9.90. The highest BCUT2D eigenvalue weighted by molar-refractivity contribution is 5.88. The van der Waals surface area contributed by atoms with E-state index in [0.717, 1.165) is 38.5 Å². The monoisotopic (exact) mass is 446 g/mol. The van der Waals surface area contributed by atoms with E-state index in [2.05, 4.69) is 31.6 Å². The number of rotatable bonds is 5. The van der Waals surface area contributed by atoms with Crippen molar-refractivity contribution in [2.75, 3.05) is 7.11 Å². The van der Waals surface area contributed by atoms with Crippen molar-refractivity contribution in [2.45, 2.75) is 84.7 Å². The number of allylic oxidation sites excluding steroid dienone is 2. The summed E-state index contributed by atoms with van der Waals surface area (Å²) in [6, 6.07) is 0. The Balaban J connectivity index is 1.55. The molecular weight excluding hydrogens is 408 g/mol. The Bertz CT molecular complexity index is 817. The Labute approximate surface area is 191 Å². The minimum atomic E-state index is -0.757. The molecule has 0 amide bonds. The maximum Gasteiger partial charge on any atom is 0.508 e. The fourth-order valence-electron chi connectivity index (χ4n) is 7.98. The number of methoxy groups -OCH3 is 1. The van der Waals surface area contributed by atoms with Crippen LogP contribution in [0.4, 0.5) is 4.79 Å². The van der Waals surface area contributed by atoms with Crippen LogP contribution in [0.5, 0.6) is 0 Å². The first-order chi connectivity index (χ1) is 15.1. The summed E-state index contributed by atoms with van der Waals surface area (Å²) < 4.78 is 10.1. The summed E-state index contributed by atoms with van der Waals surface area (Å²) in [6.45, 7) is 6.65. The van der Waals surface area contributed by atoms with Crippen LogP contribution in [0.2, 0.25) is 0 Å². The lowest BCUT2D eigenvalue weighted by atomic mass is 9.47. The summed E-state index contributed by atoms with van der Waals surface area (Å²) in [7, 11) is 1.34. The Kier molecular flexibility index (Phi) is 6.19. The molecule has 6 heteroatoms. The minimum absolute atomic E-state index is 0.0596. The number of carboxylic acid groups (broad SMARTS) is 1. The molecule has 0 radical (unpaired) electrons. The van der Waals surface area contributed by atoms with Gasteiger partial charge in [0.05, 0.1) is 7.11 Å². The van der Waals surface area contributed by atoms with Gasteiger partial charge in [-0.2, -0.15) is 0 Å². The predicted molar refractivity (Wildman–Crippen MR) is 119 cm³/mol. The Hall–Kier alpha value is -1.85. The molecule has 178 valence electrons. The molecule has 0 aromatic heterocycles. The molecule has 1 N–H and O–H groups in total. The number of carbonyl (C=O) groups excluding carboxylic acids is 2. The van der Waals surface area contributed by atoms with Crippen molar-refractivity contribution in [3.8, 4) is 0 Å². The lowest BCUT2D eigenvalue weighted by Crippen LogP contribution is -2.53. The van der Waals surface area contributed by atoms with E-state index >= 15 is 0 Å². The van der Waals surface area contributed by atoms with Gasteiger partial charge < -0.3 is 14.6 Å². The minimum Gasteiger partial charge on any atom is -0.481 e. The summed E-state index contributed by atoms with van der Waals surface area (Å²) in [5.74, 6) is 1.09. The van der Waals surface area contributed by atoms with E-state index < -0.39 is 12.1 Å². The second kappa shape index (κ2) is 8.49. The van der Waals surface area contributed by atoms with Crippen molar-refractivity contribution in [3.05, 3.63) is 11.6 Å². The molecule has 0 aliphatic heterocycles. The molecule has 3 saturated carbocycles. The van der Waals surface area contributed by atoms with Gasteiger partial charge in [-0.15, -0.1) is 0 Å². The number of hydrogen-bond donors (Lipinski definition) is 1. The third-order valence-electron chi connectivity index (χ3n) is 9.90. The number of hydrogen-bond acceptors (Lipinski definition) is 5. The molecule has 0 spiro atoms. The van der Waals surface area contributed by atoms with E-state index in [1.807, 2.05) is 0 Å². The molecule has 0 saturated heterocycles. The number of ketones is 1. The van der Waals surface area contributed by atoms with Gasteiger partial charge in [-0.3, -0.25) is 9.59 Å². The maximum absolute atomic E-state index is 13.7. The van der Waals surface area contributed by atoms with Crippen LogP contribution in [0.1, 0.15) is 78.6 Å². The highest BCUT2D eigenvalue weighted by Crippen LogP contribution is 2.65. The van der Waals surface area contributed by atoms with E-state index in [9.17, 15) is 14.4 Å². The van der Waals surface area contributed by atoms with Crippen molar-refractivity contribution in [1.82, 2.24) is 0 Å². The van der Waals surface area contributed by atoms with Crippen molar-refractivity contribution < 1.29 is 29.0 Å². The van der Waals surface area contributed by atoms with Crippen LogP contribution in [0.25, 0.3) is 0 Å². The van der Waals surface area contributed by atoms with E-state index in [4.69, 9.17) is 9.84 Å². The molecule has 0 aromatic carbocycles. The van der Waals surface area contributed by atoms with E-state index in [1.54, 1.807) is 0 Å². The van der Waals surface area contributed by atoms with E-state index in [-0.39, 0.29) is 47.0 Å². The van der Waals surface area contributed by atoms with E-state index in [0.29, 0.717) is 24.5 Å². The molecule has 4 rings (SSSR count). The van der Waals surface area contributed by atoms with Gasteiger partial charge in [-0.25, -0.2) is 4.79 Å². The molecule has 32 heavy (non-hydrogen) atoms. The van der Waals surface area contributed by atoms with Crippen LogP contribution in [0.15, 0.2) is 11.6 Å². The first kappa shape index (κ1) is 23.3. The van der Waals surface area contributed by atoms with Crippen molar-refractivity contribution >= 4 is 17.9 Å². The van der Waals surface area contributed by atoms with Gasteiger partial charge in [-0.05, 0) is 80.0 Å². The normalized spacial score (nSPS) is 41.6. The second-order valence-corrected chi connectivity index (χ2v) is 11.2. The summed E-state index contributed by atoms with van der Waals surface area (Å²) in [5, 5.41) is 9.12. The fourth-order valence-corrected chi connectivity index (χ4v) is 7.98. The first-order valence-electron chi connectivity index (χ1n) is 12.3. The standard InChI is InChI=1S/C26H38O6/c1-15(5-10-23(28)29)19-8-9-20-18-7-6-16-13-17(32-24(30)31-4)11-12-25(16,2)21(18)14-22(27)26(19,20)3/h7,15-17,19-21H,5-6,8-14H2,1-4H3,(H,28,29)/t15-,16?,17-,19-,20+,21+,25+,26-/m1/s1. The second-order valence-electron chi connectivity index (χ2n) is 11.2. The Morgan fingerprint density at radius 2 is 1.97 bits per heavy atom. The van der Waals surface area contributed by atoms with Crippen molar-refractivity contribution in [3.63, 3.8) is 0 Å². The third kappa shape index (κ3) is 3.67. The summed E-state index contributed by atoms with van der Waals surface area (Å²) >= 11 is 0. The molecule has 0 heterocycles. The zero-order valence-electron chi connectivity index (χ0n) is 19.9. The molecule has 6 nitrogen and oxygen atoms in total. The van der Waals surface area contributed by atoms with Gasteiger partial charge >= 0.3 is 12.1 Å². The Morgan fingerprint density at radius 3 is 2.66 bits per heavy atom. The number of carbonyl (C=O) groups is 3. The number of carboxylic acids is 1. The van der Waals surface area contributed by atoms with Crippen molar-refractivity contribution in [2.24, 2.45) is 40.4 Å². The van der Waals surface area contributed by atoms with Crippen LogP contribution in [0.3, 0.4) is 0 Å². The molecule has 4 aliphatic rings. The topological polar surface area (TPSA) is 89.9 Å². The first-order valence-corrected chi connectivity index (χ1v) is 12.3. The average Bonchev–Trinajstić information content (AvgIpc) is 3.11. The lowest BCUT2D eigenvalue weighted by molar-refractivity contribution is -0.140. The Morgan fingerprint density at radius 1 is 1.22 bits per heavy atom. The summed E-state index contributed by atoms with van der Waals surface area (Å²) in [6.07, 6.45) is 8.72. The van der Waals surface area contributed by atoms with Crippen LogP contribution in [-0.4, -0.2) is 36.2 Å². The zero-order chi connectivity index (χ0) is 23.3.